The summed E-state index contributed by atoms with van der Waals surface area (Å²) >= 11 is 6.37. The molecule has 0 N–H and O–H groups in total. The lowest BCUT2D eigenvalue weighted by Crippen LogP contribution is -2.35. The number of halogens is 1. The molecule has 4 heterocycles. The smallest absolute Gasteiger partial charge is 0.179 e. The van der Waals surface area contributed by atoms with Crippen molar-refractivity contribution in [2.24, 2.45) is 5.92 Å². The van der Waals surface area contributed by atoms with Crippen LogP contribution < -0.4 is 0 Å². The molecule has 0 bridgehead atoms. The van der Waals surface area contributed by atoms with Crippen LogP contribution in [-0.4, -0.2) is 38.7 Å². The first-order valence-corrected chi connectivity index (χ1v) is 12.0. The molecule has 32 heavy (non-hydrogen) atoms. The topological polar surface area (TPSA) is 62.1 Å². The van der Waals surface area contributed by atoms with E-state index in [0.29, 0.717) is 37.9 Å². The highest BCUT2D eigenvalue weighted by molar-refractivity contribution is 6.30. The second-order valence-corrected chi connectivity index (χ2v) is 9.72. The first kappa shape index (κ1) is 20.3. The lowest BCUT2D eigenvalue weighted by Gasteiger charge is -2.28. The molecule has 1 saturated heterocycles. The lowest BCUT2D eigenvalue weighted by atomic mass is 9.79. The summed E-state index contributed by atoms with van der Waals surface area (Å²) in [4.78, 5) is 4.52. The van der Waals surface area contributed by atoms with E-state index in [1.54, 1.807) is 0 Å². The number of pyridine rings is 1. The van der Waals surface area contributed by atoms with Crippen molar-refractivity contribution in [3.05, 3.63) is 70.5 Å². The fourth-order valence-electron chi connectivity index (χ4n) is 5.62. The quantitative estimate of drug-likeness (QED) is 0.580. The van der Waals surface area contributed by atoms with Crippen LogP contribution in [0.2, 0.25) is 5.02 Å². The molecule has 166 valence electrons. The Kier molecular flexibility index (Phi) is 5.24. The molecule has 2 aromatic heterocycles. The Hall–Kier alpha value is -2.28. The van der Waals surface area contributed by atoms with Crippen LogP contribution in [0.15, 0.2) is 42.6 Å². The largest absolute Gasteiger partial charge is 0.347 e. The minimum absolute atomic E-state index is 0.402. The summed E-state index contributed by atoms with van der Waals surface area (Å²) in [6, 6.07) is 12.3. The molecule has 0 atom stereocenters. The second kappa shape index (κ2) is 8.25. The maximum atomic E-state index is 6.37. The van der Waals surface area contributed by atoms with Gasteiger partial charge in [0.2, 0.25) is 0 Å². The first-order valence-electron chi connectivity index (χ1n) is 11.6. The van der Waals surface area contributed by atoms with Gasteiger partial charge in [-0.2, -0.15) is 0 Å². The number of ether oxygens (including phenoxy) is 2. The highest BCUT2D eigenvalue weighted by atomic mass is 35.5. The van der Waals surface area contributed by atoms with Crippen molar-refractivity contribution < 1.29 is 9.47 Å². The molecule has 1 saturated carbocycles. The van der Waals surface area contributed by atoms with E-state index < -0.39 is 5.79 Å². The SMILES string of the molecule is Clc1ccc2c(c1)CC1(Cc3nnc(C4CCC(Cc5ccccn5)CC4)n3-2)OCCO1. The van der Waals surface area contributed by atoms with Crippen LogP contribution in [0, 0.1) is 5.92 Å². The van der Waals surface area contributed by atoms with Gasteiger partial charge in [-0.3, -0.25) is 9.55 Å². The molecule has 1 spiro atoms. The van der Waals surface area contributed by atoms with Crippen molar-refractivity contribution in [2.75, 3.05) is 13.2 Å². The molecular weight excluding hydrogens is 424 g/mol. The van der Waals surface area contributed by atoms with Crippen LogP contribution in [0.1, 0.15) is 54.5 Å². The predicted molar refractivity (Wildman–Crippen MR) is 121 cm³/mol. The zero-order chi connectivity index (χ0) is 21.5. The molecule has 1 aromatic carbocycles. The van der Waals surface area contributed by atoms with E-state index in [1.165, 1.54) is 18.5 Å². The zero-order valence-corrected chi connectivity index (χ0v) is 18.8. The highest BCUT2D eigenvalue weighted by Crippen LogP contribution is 2.41. The van der Waals surface area contributed by atoms with E-state index in [9.17, 15) is 0 Å². The van der Waals surface area contributed by atoms with E-state index in [2.05, 4.69) is 32.8 Å². The third-order valence-electron chi connectivity index (χ3n) is 7.17. The molecule has 7 heteroatoms. The summed E-state index contributed by atoms with van der Waals surface area (Å²) < 4.78 is 14.4. The molecule has 0 amide bonds. The van der Waals surface area contributed by atoms with Gasteiger partial charge in [0.15, 0.2) is 5.79 Å². The third kappa shape index (κ3) is 3.74. The van der Waals surface area contributed by atoms with E-state index >= 15 is 0 Å². The lowest BCUT2D eigenvalue weighted by molar-refractivity contribution is -0.155. The van der Waals surface area contributed by atoms with Gasteiger partial charge in [-0.15, -0.1) is 10.2 Å². The first-order chi connectivity index (χ1) is 15.7. The van der Waals surface area contributed by atoms with Crippen molar-refractivity contribution in [1.29, 1.82) is 0 Å². The number of fused-ring (bicyclic) bond motifs is 3. The summed E-state index contributed by atoms with van der Waals surface area (Å²) in [5.41, 5.74) is 3.43. The fraction of sp³-hybridized carbons (Fsp3) is 0.480. The van der Waals surface area contributed by atoms with Gasteiger partial charge in [0, 0.05) is 29.3 Å². The summed E-state index contributed by atoms with van der Waals surface area (Å²) in [6.07, 6.45) is 8.84. The van der Waals surface area contributed by atoms with Gasteiger partial charge in [0.05, 0.1) is 25.3 Å². The van der Waals surface area contributed by atoms with E-state index in [4.69, 9.17) is 26.2 Å². The van der Waals surface area contributed by atoms with Crippen molar-refractivity contribution >= 4 is 11.6 Å². The van der Waals surface area contributed by atoms with E-state index in [0.717, 1.165) is 47.2 Å². The van der Waals surface area contributed by atoms with Crippen molar-refractivity contribution in [3.8, 4) is 5.69 Å². The van der Waals surface area contributed by atoms with Gasteiger partial charge in [0.25, 0.3) is 0 Å². The Morgan fingerprint density at radius 2 is 1.84 bits per heavy atom. The van der Waals surface area contributed by atoms with Crippen molar-refractivity contribution in [2.45, 2.75) is 56.7 Å². The number of hydrogen-bond donors (Lipinski definition) is 0. The minimum Gasteiger partial charge on any atom is -0.347 e. The average Bonchev–Trinajstić information content (AvgIpc) is 3.40. The Bertz CT molecular complexity index is 1100. The molecule has 3 aromatic rings. The molecule has 6 rings (SSSR count). The average molecular weight is 451 g/mol. The van der Waals surface area contributed by atoms with Crippen LogP contribution in [-0.2, 0) is 28.7 Å². The summed E-state index contributed by atoms with van der Waals surface area (Å²) in [5.74, 6) is 2.40. The number of rotatable bonds is 3. The molecular formula is C25H27ClN4O2. The van der Waals surface area contributed by atoms with Crippen LogP contribution in [0.5, 0.6) is 0 Å². The molecule has 1 aliphatic carbocycles. The number of nitrogens with zero attached hydrogens (tertiary/aromatic N) is 4. The van der Waals surface area contributed by atoms with Gasteiger partial charge in [-0.25, -0.2) is 0 Å². The van der Waals surface area contributed by atoms with Crippen LogP contribution in [0.25, 0.3) is 5.69 Å². The Morgan fingerprint density at radius 1 is 1.00 bits per heavy atom. The minimum atomic E-state index is -0.668. The van der Waals surface area contributed by atoms with Crippen LogP contribution in [0.4, 0.5) is 0 Å². The third-order valence-corrected chi connectivity index (χ3v) is 7.41. The maximum Gasteiger partial charge on any atom is 0.179 e. The summed E-state index contributed by atoms with van der Waals surface area (Å²) in [6.45, 7) is 1.22. The van der Waals surface area contributed by atoms with Crippen molar-refractivity contribution in [3.63, 3.8) is 0 Å². The van der Waals surface area contributed by atoms with Gasteiger partial charge >= 0.3 is 0 Å². The van der Waals surface area contributed by atoms with Crippen LogP contribution >= 0.6 is 11.6 Å². The summed E-state index contributed by atoms with van der Waals surface area (Å²) in [7, 11) is 0. The zero-order valence-electron chi connectivity index (χ0n) is 18.0. The number of aromatic nitrogens is 4. The molecule has 6 nitrogen and oxygen atoms in total. The Morgan fingerprint density at radius 3 is 2.62 bits per heavy atom. The van der Waals surface area contributed by atoms with E-state index in [1.807, 2.05) is 24.4 Å². The molecule has 2 fully saturated rings. The number of benzene rings is 1. The van der Waals surface area contributed by atoms with E-state index in [-0.39, 0.29) is 0 Å². The summed E-state index contributed by atoms with van der Waals surface area (Å²) in [5, 5.41) is 10.1. The second-order valence-electron chi connectivity index (χ2n) is 9.29. The molecule has 0 radical (unpaired) electrons. The monoisotopic (exact) mass is 450 g/mol. The van der Waals surface area contributed by atoms with Crippen LogP contribution in [0.3, 0.4) is 0 Å². The standard InChI is InChI=1S/C25H27ClN4O2/c26-20-8-9-22-19(14-20)15-25(31-11-12-32-25)16-23-28-29-24(30(22)23)18-6-4-17(5-7-18)13-21-3-1-2-10-27-21/h1-3,8-10,14,17-18H,4-7,11-13,15-16H2. The predicted octanol–water partition coefficient (Wildman–Crippen LogP) is 4.67. The van der Waals surface area contributed by atoms with Gasteiger partial charge in [-0.1, -0.05) is 17.7 Å². The van der Waals surface area contributed by atoms with Gasteiger partial charge in [-0.05, 0) is 73.9 Å². The molecule has 0 unspecified atom stereocenters. The fourth-order valence-corrected chi connectivity index (χ4v) is 5.81. The molecule has 2 aliphatic heterocycles. The maximum absolute atomic E-state index is 6.37. The Balaban J connectivity index is 1.28. The van der Waals surface area contributed by atoms with Gasteiger partial charge < -0.3 is 9.47 Å². The highest BCUT2D eigenvalue weighted by Gasteiger charge is 2.42. The van der Waals surface area contributed by atoms with Crippen molar-refractivity contribution in [1.82, 2.24) is 19.7 Å². The normalized spacial score (nSPS) is 24.2. The number of hydrogen-bond acceptors (Lipinski definition) is 5. The van der Waals surface area contributed by atoms with Gasteiger partial charge in [0.1, 0.15) is 11.6 Å². The Labute approximate surface area is 192 Å². The molecule has 3 aliphatic rings.